The molecule has 7 rings (SSSR count). The number of nitrogens with zero attached hydrogens (tertiary/aromatic N) is 1. The van der Waals surface area contributed by atoms with E-state index < -0.39 is 0 Å². The summed E-state index contributed by atoms with van der Waals surface area (Å²) in [5, 5.41) is 3.99. The summed E-state index contributed by atoms with van der Waals surface area (Å²) >= 11 is 0. The maximum atomic E-state index is 2.48. The third-order valence-electron chi connectivity index (χ3n) is 7.55. The molecule has 0 aliphatic heterocycles. The standard InChI is InChI=1S/C33H25N/c1-33(2)28-21-24(22-11-5-3-6-12-22)17-19-27(28)32-31(33)30-26-16-10-9-13-23(26)18-20-29(30)34(32)25-14-7-4-8-15-25/h3-21H,1-2H3. The number of hydrogen-bond donors (Lipinski definition) is 0. The molecule has 1 heterocycles. The molecule has 0 N–H and O–H groups in total. The van der Waals surface area contributed by atoms with Crippen LogP contribution >= 0.6 is 0 Å². The van der Waals surface area contributed by atoms with E-state index in [4.69, 9.17) is 0 Å². The van der Waals surface area contributed by atoms with Gasteiger partial charge in [0, 0.05) is 22.1 Å². The van der Waals surface area contributed by atoms with Crippen molar-refractivity contribution in [2.45, 2.75) is 19.3 Å². The van der Waals surface area contributed by atoms with Gasteiger partial charge in [0.1, 0.15) is 0 Å². The van der Waals surface area contributed by atoms with Gasteiger partial charge in [-0.25, -0.2) is 0 Å². The fourth-order valence-corrected chi connectivity index (χ4v) is 5.98. The van der Waals surface area contributed by atoms with Crippen molar-refractivity contribution in [3.8, 4) is 28.1 Å². The number of rotatable bonds is 2. The number of hydrogen-bond acceptors (Lipinski definition) is 0. The van der Waals surface area contributed by atoms with Crippen LogP contribution < -0.4 is 0 Å². The van der Waals surface area contributed by atoms with Crippen LogP contribution in [-0.4, -0.2) is 4.57 Å². The van der Waals surface area contributed by atoms with Crippen LogP contribution in [0.25, 0.3) is 49.7 Å². The lowest BCUT2D eigenvalue weighted by Gasteiger charge is -2.22. The zero-order valence-electron chi connectivity index (χ0n) is 19.4. The van der Waals surface area contributed by atoms with Gasteiger partial charge in [-0.05, 0) is 57.3 Å². The van der Waals surface area contributed by atoms with Gasteiger partial charge < -0.3 is 4.57 Å². The largest absolute Gasteiger partial charge is 0.309 e. The molecule has 1 nitrogen and oxygen atoms in total. The van der Waals surface area contributed by atoms with Crippen molar-refractivity contribution in [3.05, 3.63) is 126 Å². The van der Waals surface area contributed by atoms with Crippen LogP contribution in [0.3, 0.4) is 0 Å². The molecular formula is C33H25N. The van der Waals surface area contributed by atoms with Crippen molar-refractivity contribution in [2.24, 2.45) is 0 Å². The summed E-state index contributed by atoms with van der Waals surface area (Å²) < 4.78 is 2.48. The second-order valence-electron chi connectivity index (χ2n) is 9.83. The Kier molecular flexibility index (Phi) is 3.96. The third-order valence-corrected chi connectivity index (χ3v) is 7.55. The Labute approximate surface area is 199 Å². The molecule has 0 saturated carbocycles. The summed E-state index contributed by atoms with van der Waals surface area (Å²) in [7, 11) is 0. The average molecular weight is 436 g/mol. The highest BCUT2D eigenvalue weighted by molar-refractivity contribution is 6.13. The molecule has 0 saturated heterocycles. The zero-order valence-corrected chi connectivity index (χ0v) is 19.4. The minimum atomic E-state index is -0.113. The van der Waals surface area contributed by atoms with E-state index in [1.165, 1.54) is 60.9 Å². The highest BCUT2D eigenvalue weighted by Crippen LogP contribution is 2.55. The Hall–Kier alpha value is -4.10. The molecule has 1 aliphatic rings. The Morgan fingerprint density at radius 1 is 0.618 bits per heavy atom. The summed E-state index contributed by atoms with van der Waals surface area (Å²) in [4.78, 5) is 0. The van der Waals surface area contributed by atoms with Gasteiger partial charge in [0.15, 0.2) is 0 Å². The Morgan fingerprint density at radius 3 is 2.12 bits per heavy atom. The SMILES string of the molecule is CC1(C)c2cc(-c3ccccc3)ccc2-c2c1c1c3ccccc3ccc1n2-c1ccccc1. The molecule has 1 heteroatoms. The van der Waals surface area contributed by atoms with Crippen LogP contribution in [0.4, 0.5) is 0 Å². The van der Waals surface area contributed by atoms with Crippen molar-refractivity contribution in [1.82, 2.24) is 4.57 Å². The van der Waals surface area contributed by atoms with Crippen molar-refractivity contribution < 1.29 is 0 Å². The lowest BCUT2D eigenvalue weighted by Crippen LogP contribution is -2.15. The number of aromatic nitrogens is 1. The summed E-state index contributed by atoms with van der Waals surface area (Å²) in [6.07, 6.45) is 0. The lowest BCUT2D eigenvalue weighted by molar-refractivity contribution is 0.667. The van der Waals surface area contributed by atoms with Gasteiger partial charge in [0.2, 0.25) is 0 Å². The lowest BCUT2D eigenvalue weighted by atomic mass is 9.80. The van der Waals surface area contributed by atoms with Gasteiger partial charge in [-0.3, -0.25) is 0 Å². The fourth-order valence-electron chi connectivity index (χ4n) is 5.98. The van der Waals surface area contributed by atoms with Crippen LogP contribution in [0.2, 0.25) is 0 Å². The first-order valence-electron chi connectivity index (χ1n) is 12.0. The molecule has 34 heavy (non-hydrogen) atoms. The van der Waals surface area contributed by atoms with E-state index in [0.717, 1.165) is 0 Å². The summed E-state index contributed by atoms with van der Waals surface area (Å²) in [6, 6.07) is 41.9. The molecule has 0 bridgehead atoms. The number of para-hydroxylation sites is 1. The molecule has 1 aliphatic carbocycles. The van der Waals surface area contributed by atoms with Gasteiger partial charge in [-0.15, -0.1) is 0 Å². The smallest absolute Gasteiger partial charge is 0.0585 e. The second-order valence-corrected chi connectivity index (χ2v) is 9.83. The molecule has 0 atom stereocenters. The van der Waals surface area contributed by atoms with E-state index >= 15 is 0 Å². The first-order chi connectivity index (χ1) is 16.6. The topological polar surface area (TPSA) is 4.93 Å². The minimum Gasteiger partial charge on any atom is -0.309 e. The second kappa shape index (κ2) is 6.95. The van der Waals surface area contributed by atoms with E-state index in [2.05, 4.69) is 134 Å². The van der Waals surface area contributed by atoms with Crippen LogP contribution in [0.1, 0.15) is 25.0 Å². The predicted molar refractivity (Wildman–Crippen MR) is 144 cm³/mol. The Morgan fingerprint density at radius 2 is 1.32 bits per heavy atom. The molecule has 0 spiro atoms. The average Bonchev–Trinajstić information content (AvgIpc) is 3.36. The van der Waals surface area contributed by atoms with Crippen LogP contribution in [0.15, 0.2) is 115 Å². The molecule has 6 aromatic rings. The first-order valence-corrected chi connectivity index (χ1v) is 12.0. The molecular weight excluding hydrogens is 410 g/mol. The van der Waals surface area contributed by atoms with Crippen molar-refractivity contribution in [3.63, 3.8) is 0 Å². The molecule has 0 fully saturated rings. The quantitative estimate of drug-likeness (QED) is 0.256. The van der Waals surface area contributed by atoms with Crippen LogP contribution in [0.5, 0.6) is 0 Å². The maximum Gasteiger partial charge on any atom is 0.0585 e. The summed E-state index contributed by atoms with van der Waals surface area (Å²) in [6.45, 7) is 4.78. The van der Waals surface area contributed by atoms with Gasteiger partial charge in [0.25, 0.3) is 0 Å². The monoisotopic (exact) mass is 435 g/mol. The zero-order chi connectivity index (χ0) is 22.9. The van der Waals surface area contributed by atoms with Crippen molar-refractivity contribution in [2.75, 3.05) is 0 Å². The van der Waals surface area contributed by atoms with E-state index in [-0.39, 0.29) is 5.41 Å². The Balaban J connectivity index is 1.62. The molecule has 1 aromatic heterocycles. The summed E-state index contributed by atoms with van der Waals surface area (Å²) in [5.74, 6) is 0. The number of fused-ring (bicyclic) bond motifs is 7. The molecule has 5 aromatic carbocycles. The molecule has 162 valence electrons. The highest BCUT2D eigenvalue weighted by Gasteiger charge is 2.41. The number of benzene rings is 5. The van der Waals surface area contributed by atoms with E-state index in [1.54, 1.807) is 0 Å². The van der Waals surface area contributed by atoms with Crippen LogP contribution in [-0.2, 0) is 5.41 Å². The molecule has 0 unspecified atom stereocenters. The van der Waals surface area contributed by atoms with Crippen molar-refractivity contribution in [1.29, 1.82) is 0 Å². The maximum absolute atomic E-state index is 2.48. The van der Waals surface area contributed by atoms with E-state index in [9.17, 15) is 0 Å². The van der Waals surface area contributed by atoms with E-state index in [1.807, 2.05) is 0 Å². The highest BCUT2D eigenvalue weighted by atomic mass is 15.0. The molecule has 0 amide bonds. The normalized spacial score (nSPS) is 13.8. The van der Waals surface area contributed by atoms with Gasteiger partial charge >= 0.3 is 0 Å². The van der Waals surface area contributed by atoms with Gasteiger partial charge in [-0.2, -0.15) is 0 Å². The summed E-state index contributed by atoms with van der Waals surface area (Å²) in [5.41, 5.74) is 10.4. The van der Waals surface area contributed by atoms with Gasteiger partial charge in [-0.1, -0.05) is 105 Å². The predicted octanol–water partition coefficient (Wildman–Crippen LogP) is 8.76. The van der Waals surface area contributed by atoms with Gasteiger partial charge in [0.05, 0.1) is 11.2 Å². The van der Waals surface area contributed by atoms with Crippen molar-refractivity contribution >= 4 is 21.7 Å². The van der Waals surface area contributed by atoms with E-state index in [0.29, 0.717) is 0 Å². The minimum absolute atomic E-state index is 0.113. The van der Waals surface area contributed by atoms with Crippen LogP contribution in [0, 0.1) is 0 Å². The fraction of sp³-hybridized carbons (Fsp3) is 0.0909. The molecule has 0 radical (unpaired) electrons. The first kappa shape index (κ1) is 19.4. The third kappa shape index (κ3) is 2.55. The Bertz CT molecular complexity index is 1700.